The molecule has 0 spiro atoms. The van der Waals surface area contributed by atoms with Crippen molar-refractivity contribution >= 4 is 5.91 Å². The summed E-state index contributed by atoms with van der Waals surface area (Å²) in [6, 6.07) is 10.9. The van der Waals surface area contributed by atoms with E-state index in [4.69, 9.17) is 0 Å². The van der Waals surface area contributed by atoms with Crippen LogP contribution in [0.2, 0.25) is 0 Å². The summed E-state index contributed by atoms with van der Waals surface area (Å²) >= 11 is 0. The third-order valence-electron chi connectivity index (χ3n) is 4.30. The maximum absolute atomic E-state index is 12.0. The number of hydrogen-bond donors (Lipinski definition) is 0. The van der Waals surface area contributed by atoms with Crippen LogP contribution in [0.5, 0.6) is 0 Å². The van der Waals surface area contributed by atoms with Crippen molar-refractivity contribution in [3.63, 3.8) is 0 Å². The van der Waals surface area contributed by atoms with Gasteiger partial charge >= 0.3 is 0 Å². The van der Waals surface area contributed by atoms with Gasteiger partial charge in [-0.2, -0.15) is 0 Å². The van der Waals surface area contributed by atoms with Gasteiger partial charge in [-0.15, -0.1) is 0 Å². The lowest BCUT2D eigenvalue weighted by Gasteiger charge is -2.33. The van der Waals surface area contributed by atoms with Gasteiger partial charge in [-0.1, -0.05) is 50.3 Å². The fourth-order valence-electron chi connectivity index (χ4n) is 3.20. The molecule has 0 N–H and O–H groups in total. The third-order valence-corrected chi connectivity index (χ3v) is 4.30. The van der Waals surface area contributed by atoms with Crippen molar-refractivity contribution in [2.45, 2.75) is 44.6 Å². The second-order valence-corrected chi connectivity index (χ2v) is 5.77. The Bertz CT molecular complexity index is 501. The Morgan fingerprint density at radius 1 is 1.22 bits per heavy atom. The van der Waals surface area contributed by atoms with Crippen LogP contribution < -0.4 is 0 Å². The zero-order valence-corrected chi connectivity index (χ0v) is 11.0. The molecule has 2 heterocycles. The molecule has 2 aliphatic rings. The molecule has 0 aliphatic carbocycles. The van der Waals surface area contributed by atoms with E-state index in [-0.39, 0.29) is 5.41 Å². The number of rotatable bonds is 2. The second kappa shape index (κ2) is 3.98. The van der Waals surface area contributed by atoms with Gasteiger partial charge in [-0.05, 0) is 18.4 Å². The number of amides is 1. The lowest BCUT2D eigenvalue weighted by molar-refractivity contribution is -0.127. The molecule has 1 saturated heterocycles. The monoisotopic (exact) mass is 241 g/mol. The molecule has 2 aliphatic heterocycles. The molecule has 1 aromatic rings. The molecule has 1 atom stereocenters. The first-order chi connectivity index (χ1) is 8.60. The molecule has 0 unspecified atom stereocenters. The summed E-state index contributed by atoms with van der Waals surface area (Å²) < 4.78 is 0. The Balaban J connectivity index is 1.98. The largest absolute Gasteiger partial charge is 0.312 e. The minimum Gasteiger partial charge on any atom is -0.312 e. The molecule has 18 heavy (non-hydrogen) atoms. The van der Waals surface area contributed by atoms with Gasteiger partial charge in [0.25, 0.3) is 0 Å². The summed E-state index contributed by atoms with van der Waals surface area (Å²) in [6.45, 7) is 4.42. The van der Waals surface area contributed by atoms with Gasteiger partial charge in [-0.25, -0.2) is 0 Å². The standard InChI is InChI=1S/C16H19NO/c1-16(2,12-6-4-3-5-7-12)14-10-8-13-9-11-15(18)17(13)14/h3-7,10,13H,8-9,11H2,1-2H3/t13-/m1/s1. The summed E-state index contributed by atoms with van der Waals surface area (Å²) in [7, 11) is 0. The molecule has 1 aromatic carbocycles. The van der Waals surface area contributed by atoms with E-state index in [1.807, 2.05) is 11.0 Å². The van der Waals surface area contributed by atoms with E-state index in [0.717, 1.165) is 12.8 Å². The summed E-state index contributed by atoms with van der Waals surface area (Å²) in [5.41, 5.74) is 2.38. The van der Waals surface area contributed by atoms with Gasteiger partial charge < -0.3 is 4.90 Å². The Morgan fingerprint density at radius 3 is 2.67 bits per heavy atom. The molecule has 1 amide bonds. The lowest BCUT2D eigenvalue weighted by atomic mass is 9.81. The molecule has 0 bridgehead atoms. The fraction of sp³-hybridized carbons (Fsp3) is 0.438. The minimum absolute atomic E-state index is 0.0873. The van der Waals surface area contributed by atoms with Crippen LogP contribution in [0.15, 0.2) is 42.1 Å². The number of carbonyl (C=O) groups excluding carboxylic acids is 1. The summed E-state index contributed by atoms with van der Waals surface area (Å²) in [5.74, 6) is 0.299. The molecule has 3 rings (SSSR count). The molecular weight excluding hydrogens is 222 g/mol. The number of allylic oxidation sites excluding steroid dienone is 1. The first-order valence-electron chi connectivity index (χ1n) is 6.69. The van der Waals surface area contributed by atoms with E-state index in [1.54, 1.807) is 0 Å². The van der Waals surface area contributed by atoms with E-state index < -0.39 is 0 Å². The lowest BCUT2D eigenvalue weighted by Crippen LogP contribution is -2.36. The fourth-order valence-corrected chi connectivity index (χ4v) is 3.20. The van der Waals surface area contributed by atoms with Gasteiger partial charge in [0, 0.05) is 23.6 Å². The second-order valence-electron chi connectivity index (χ2n) is 5.77. The highest BCUT2D eigenvalue weighted by Gasteiger charge is 2.42. The van der Waals surface area contributed by atoms with Crippen LogP contribution in [-0.2, 0) is 10.2 Å². The number of benzene rings is 1. The highest BCUT2D eigenvalue weighted by molar-refractivity contribution is 5.82. The van der Waals surface area contributed by atoms with Crippen molar-refractivity contribution in [1.82, 2.24) is 4.90 Å². The van der Waals surface area contributed by atoms with Crippen molar-refractivity contribution in [3.8, 4) is 0 Å². The quantitative estimate of drug-likeness (QED) is 0.778. The smallest absolute Gasteiger partial charge is 0.227 e. The van der Waals surface area contributed by atoms with Crippen LogP contribution in [0.4, 0.5) is 0 Å². The van der Waals surface area contributed by atoms with Crippen LogP contribution >= 0.6 is 0 Å². The minimum atomic E-state index is -0.0873. The van der Waals surface area contributed by atoms with Gasteiger partial charge in [0.15, 0.2) is 0 Å². The van der Waals surface area contributed by atoms with E-state index in [9.17, 15) is 4.79 Å². The summed E-state index contributed by atoms with van der Waals surface area (Å²) in [6.07, 6.45) is 5.02. The van der Waals surface area contributed by atoms with E-state index in [0.29, 0.717) is 18.4 Å². The van der Waals surface area contributed by atoms with Crippen molar-refractivity contribution in [2.75, 3.05) is 0 Å². The van der Waals surface area contributed by atoms with Crippen molar-refractivity contribution in [2.24, 2.45) is 0 Å². The maximum Gasteiger partial charge on any atom is 0.227 e. The van der Waals surface area contributed by atoms with E-state index in [1.165, 1.54) is 11.3 Å². The first-order valence-corrected chi connectivity index (χ1v) is 6.69. The Kier molecular flexibility index (Phi) is 2.54. The zero-order valence-electron chi connectivity index (χ0n) is 11.0. The molecule has 2 nitrogen and oxygen atoms in total. The normalized spacial score (nSPS) is 23.2. The van der Waals surface area contributed by atoms with Crippen molar-refractivity contribution in [3.05, 3.63) is 47.7 Å². The van der Waals surface area contributed by atoms with Crippen LogP contribution in [0.25, 0.3) is 0 Å². The van der Waals surface area contributed by atoms with Gasteiger partial charge in [0.2, 0.25) is 5.91 Å². The molecule has 94 valence electrons. The molecule has 0 radical (unpaired) electrons. The number of fused-ring (bicyclic) bond motifs is 1. The number of carbonyl (C=O) groups is 1. The highest BCUT2D eigenvalue weighted by Crippen LogP contribution is 2.42. The molecular formula is C16H19NO. The van der Waals surface area contributed by atoms with Crippen molar-refractivity contribution < 1.29 is 4.79 Å². The third kappa shape index (κ3) is 1.59. The summed E-state index contributed by atoms with van der Waals surface area (Å²) in [4.78, 5) is 14.1. The van der Waals surface area contributed by atoms with Gasteiger partial charge in [-0.3, -0.25) is 4.79 Å². The number of hydrogen-bond acceptors (Lipinski definition) is 1. The van der Waals surface area contributed by atoms with Crippen LogP contribution in [0.3, 0.4) is 0 Å². The summed E-state index contributed by atoms with van der Waals surface area (Å²) in [5, 5.41) is 0. The highest BCUT2D eigenvalue weighted by atomic mass is 16.2. The van der Waals surface area contributed by atoms with Crippen LogP contribution in [-0.4, -0.2) is 16.8 Å². The predicted octanol–water partition coefficient (Wildman–Crippen LogP) is 3.24. The Hall–Kier alpha value is -1.57. The average molecular weight is 241 g/mol. The Labute approximate surface area is 108 Å². The number of nitrogens with zero attached hydrogens (tertiary/aromatic N) is 1. The van der Waals surface area contributed by atoms with E-state index in [2.05, 4.69) is 44.2 Å². The maximum atomic E-state index is 12.0. The molecule has 0 aromatic heterocycles. The Morgan fingerprint density at radius 2 is 1.94 bits per heavy atom. The predicted molar refractivity (Wildman–Crippen MR) is 72.0 cm³/mol. The van der Waals surface area contributed by atoms with Crippen LogP contribution in [0.1, 0.15) is 38.7 Å². The average Bonchev–Trinajstić information content (AvgIpc) is 2.94. The first kappa shape index (κ1) is 11.5. The van der Waals surface area contributed by atoms with Gasteiger partial charge in [0.1, 0.15) is 0 Å². The zero-order chi connectivity index (χ0) is 12.8. The van der Waals surface area contributed by atoms with Gasteiger partial charge in [0.05, 0.1) is 0 Å². The van der Waals surface area contributed by atoms with Crippen molar-refractivity contribution in [1.29, 1.82) is 0 Å². The molecule has 1 fully saturated rings. The van der Waals surface area contributed by atoms with E-state index >= 15 is 0 Å². The van der Waals surface area contributed by atoms with Crippen LogP contribution in [0, 0.1) is 0 Å². The molecule has 0 saturated carbocycles. The molecule has 2 heteroatoms. The SMILES string of the molecule is CC(C)(C1=CC[C@@H]2CCC(=O)N12)c1ccccc1. The topological polar surface area (TPSA) is 20.3 Å².